The molecule has 2 heterocycles. The van der Waals surface area contributed by atoms with Crippen LogP contribution >= 0.6 is 0 Å². The van der Waals surface area contributed by atoms with Crippen molar-refractivity contribution in [2.75, 3.05) is 33.2 Å². The summed E-state index contributed by atoms with van der Waals surface area (Å²) in [5.74, 6) is -0.990. The third kappa shape index (κ3) is 3.18. The van der Waals surface area contributed by atoms with Gasteiger partial charge < -0.3 is 10.0 Å². The normalized spacial score (nSPS) is 16.8. The number of hydrogen-bond acceptors (Lipinski definition) is 4. The third-order valence-corrected chi connectivity index (χ3v) is 4.09. The molecular weight excluding hydrogens is 280 g/mol. The van der Waals surface area contributed by atoms with Crippen LogP contribution in [0.3, 0.4) is 0 Å². The number of carboxylic acid groups (broad SMARTS) is 1. The molecule has 6 heteroatoms. The van der Waals surface area contributed by atoms with Crippen molar-refractivity contribution in [3.63, 3.8) is 0 Å². The first kappa shape index (κ1) is 14.7. The van der Waals surface area contributed by atoms with Crippen LogP contribution in [0.2, 0.25) is 0 Å². The van der Waals surface area contributed by atoms with Gasteiger partial charge in [0.2, 0.25) is 0 Å². The number of nitrogens with one attached hydrogen (secondary N) is 1. The minimum atomic E-state index is -0.990. The number of hydrogen-bond donors (Lipinski definition) is 2. The maximum absolute atomic E-state index is 11.0. The average molecular weight is 300 g/mol. The summed E-state index contributed by atoms with van der Waals surface area (Å²) >= 11 is 0. The van der Waals surface area contributed by atoms with E-state index in [-0.39, 0.29) is 5.69 Å². The first-order chi connectivity index (χ1) is 10.6. The van der Waals surface area contributed by atoms with Crippen molar-refractivity contribution < 1.29 is 9.90 Å². The van der Waals surface area contributed by atoms with E-state index in [1.54, 1.807) is 6.07 Å². The van der Waals surface area contributed by atoms with E-state index in [2.05, 4.69) is 33.1 Å². The van der Waals surface area contributed by atoms with Gasteiger partial charge in [0.05, 0.1) is 5.69 Å². The zero-order chi connectivity index (χ0) is 15.5. The van der Waals surface area contributed by atoms with Gasteiger partial charge in [0.15, 0.2) is 0 Å². The summed E-state index contributed by atoms with van der Waals surface area (Å²) in [6.45, 7) is 5.11. The number of H-pyrrole nitrogens is 1. The van der Waals surface area contributed by atoms with Gasteiger partial charge in [-0.25, -0.2) is 4.79 Å². The van der Waals surface area contributed by atoms with Gasteiger partial charge in [-0.15, -0.1) is 0 Å². The van der Waals surface area contributed by atoms with Crippen LogP contribution in [0.5, 0.6) is 0 Å². The minimum Gasteiger partial charge on any atom is -0.477 e. The predicted octanol–water partition coefficient (Wildman–Crippen LogP) is 1.52. The second-order valence-corrected chi connectivity index (χ2v) is 5.71. The Balaban J connectivity index is 1.81. The van der Waals surface area contributed by atoms with Crippen LogP contribution in [0.25, 0.3) is 11.3 Å². The van der Waals surface area contributed by atoms with Crippen molar-refractivity contribution in [1.82, 2.24) is 20.0 Å². The molecule has 0 bridgehead atoms. The number of aromatic carboxylic acids is 1. The summed E-state index contributed by atoms with van der Waals surface area (Å²) in [4.78, 5) is 15.7. The standard InChI is InChI=1S/C16H20N4O2/c1-19-6-8-20(9-7-19)11-12-4-2-3-5-13(12)14-10-15(16(21)22)18-17-14/h2-5,10H,6-9,11H2,1H3,(H,17,18)(H,21,22). The zero-order valence-corrected chi connectivity index (χ0v) is 12.6. The fourth-order valence-electron chi connectivity index (χ4n) is 2.72. The Morgan fingerprint density at radius 1 is 1.27 bits per heavy atom. The molecule has 2 aromatic rings. The van der Waals surface area contributed by atoms with E-state index >= 15 is 0 Å². The molecule has 0 radical (unpaired) electrons. The Kier molecular flexibility index (Phi) is 4.22. The van der Waals surface area contributed by atoms with Crippen molar-refractivity contribution in [3.05, 3.63) is 41.6 Å². The lowest BCUT2D eigenvalue weighted by Crippen LogP contribution is -2.43. The van der Waals surface area contributed by atoms with Crippen LogP contribution in [0, 0.1) is 0 Å². The molecule has 22 heavy (non-hydrogen) atoms. The molecule has 0 aliphatic carbocycles. The molecule has 0 atom stereocenters. The van der Waals surface area contributed by atoms with Crippen LogP contribution in [-0.2, 0) is 6.54 Å². The van der Waals surface area contributed by atoms with Crippen LogP contribution in [0.1, 0.15) is 16.1 Å². The first-order valence-corrected chi connectivity index (χ1v) is 7.41. The van der Waals surface area contributed by atoms with Crippen LogP contribution in [0.4, 0.5) is 0 Å². The number of piperazine rings is 1. The molecule has 1 aromatic heterocycles. The summed E-state index contributed by atoms with van der Waals surface area (Å²) in [7, 11) is 2.14. The van der Waals surface area contributed by atoms with Crippen molar-refractivity contribution >= 4 is 5.97 Å². The number of carboxylic acids is 1. The van der Waals surface area contributed by atoms with Gasteiger partial charge in [-0.1, -0.05) is 24.3 Å². The molecule has 0 unspecified atom stereocenters. The number of carbonyl (C=O) groups is 1. The van der Waals surface area contributed by atoms with E-state index in [0.29, 0.717) is 5.69 Å². The highest BCUT2D eigenvalue weighted by Crippen LogP contribution is 2.24. The molecule has 3 rings (SSSR count). The number of likely N-dealkylation sites (N-methyl/N-ethyl adjacent to an activating group) is 1. The summed E-state index contributed by atoms with van der Waals surface area (Å²) in [5.41, 5.74) is 2.96. The Hall–Kier alpha value is -2.18. The third-order valence-electron chi connectivity index (χ3n) is 4.09. The minimum absolute atomic E-state index is 0.115. The number of nitrogens with zero attached hydrogens (tertiary/aromatic N) is 3. The lowest BCUT2D eigenvalue weighted by Gasteiger charge is -2.32. The first-order valence-electron chi connectivity index (χ1n) is 7.41. The lowest BCUT2D eigenvalue weighted by atomic mass is 10.0. The smallest absolute Gasteiger partial charge is 0.353 e. The highest BCUT2D eigenvalue weighted by atomic mass is 16.4. The molecule has 2 N–H and O–H groups in total. The van der Waals surface area contributed by atoms with Crippen molar-refractivity contribution in [2.45, 2.75) is 6.54 Å². The van der Waals surface area contributed by atoms with E-state index < -0.39 is 5.97 Å². The summed E-state index contributed by atoms with van der Waals surface area (Å²) in [5, 5.41) is 15.7. The average Bonchev–Trinajstić information content (AvgIpc) is 3.00. The summed E-state index contributed by atoms with van der Waals surface area (Å²) in [6, 6.07) is 9.64. The van der Waals surface area contributed by atoms with Crippen molar-refractivity contribution in [1.29, 1.82) is 0 Å². The van der Waals surface area contributed by atoms with Gasteiger partial charge in [-0.2, -0.15) is 5.10 Å². The van der Waals surface area contributed by atoms with E-state index in [9.17, 15) is 4.79 Å². The Morgan fingerprint density at radius 2 is 2.00 bits per heavy atom. The maximum atomic E-state index is 11.0. The second-order valence-electron chi connectivity index (χ2n) is 5.71. The monoisotopic (exact) mass is 300 g/mol. The number of benzene rings is 1. The molecule has 1 aromatic carbocycles. The Morgan fingerprint density at radius 3 is 2.68 bits per heavy atom. The number of aromatic amines is 1. The molecule has 0 spiro atoms. The summed E-state index contributed by atoms with van der Waals surface area (Å²) < 4.78 is 0. The van der Waals surface area contributed by atoms with Gasteiger partial charge in [-0.3, -0.25) is 10.00 Å². The predicted molar refractivity (Wildman–Crippen MR) is 83.8 cm³/mol. The molecule has 0 saturated carbocycles. The molecule has 1 fully saturated rings. The molecule has 0 amide bonds. The van der Waals surface area contributed by atoms with E-state index in [0.717, 1.165) is 38.3 Å². The van der Waals surface area contributed by atoms with E-state index in [1.165, 1.54) is 5.56 Å². The van der Waals surface area contributed by atoms with Crippen LogP contribution < -0.4 is 0 Å². The highest BCUT2D eigenvalue weighted by Gasteiger charge is 2.17. The molecule has 116 valence electrons. The Labute approximate surface area is 129 Å². The van der Waals surface area contributed by atoms with E-state index in [4.69, 9.17) is 5.11 Å². The second kappa shape index (κ2) is 6.29. The number of rotatable bonds is 4. The van der Waals surface area contributed by atoms with Crippen LogP contribution in [0.15, 0.2) is 30.3 Å². The van der Waals surface area contributed by atoms with E-state index in [1.807, 2.05) is 18.2 Å². The van der Waals surface area contributed by atoms with Gasteiger partial charge in [0, 0.05) is 38.3 Å². The maximum Gasteiger partial charge on any atom is 0.353 e. The van der Waals surface area contributed by atoms with Crippen molar-refractivity contribution in [3.8, 4) is 11.3 Å². The van der Waals surface area contributed by atoms with Gasteiger partial charge in [0.1, 0.15) is 5.69 Å². The quantitative estimate of drug-likeness (QED) is 0.896. The molecular formula is C16H20N4O2. The molecule has 1 saturated heterocycles. The highest BCUT2D eigenvalue weighted by molar-refractivity contribution is 5.87. The lowest BCUT2D eigenvalue weighted by molar-refractivity contribution is 0.0690. The summed E-state index contributed by atoms with van der Waals surface area (Å²) in [6.07, 6.45) is 0. The zero-order valence-electron chi connectivity index (χ0n) is 12.6. The molecule has 1 aliphatic heterocycles. The van der Waals surface area contributed by atoms with Gasteiger partial charge >= 0.3 is 5.97 Å². The topological polar surface area (TPSA) is 72.5 Å². The number of aromatic nitrogens is 2. The molecule has 1 aliphatic rings. The SMILES string of the molecule is CN1CCN(Cc2ccccc2-c2cc(C(=O)O)[nH]n2)CC1. The molecule has 6 nitrogen and oxygen atoms in total. The fourth-order valence-corrected chi connectivity index (χ4v) is 2.72. The Bertz CT molecular complexity index is 660. The fraction of sp³-hybridized carbons (Fsp3) is 0.375. The van der Waals surface area contributed by atoms with Gasteiger partial charge in [-0.05, 0) is 18.7 Å². The van der Waals surface area contributed by atoms with Crippen molar-refractivity contribution in [2.24, 2.45) is 0 Å². The van der Waals surface area contributed by atoms with Crippen LogP contribution in [-0.4, -0.2) is 64.3 Å². The largest absolute Gasteiger partial charge is 0.477 e. The van der Waals surface area contributed by atoms with Gasteiger partial charge in [0.25, 0.3) is 0 Å².